The number of rotatable bonds is 4. The average molecular weight is 276 g/mol. The van der Waals surface area contributed by atoms with E-state index in [4.69, 9.17) is 0 Å². The predicted octanol–water partition coefficient (Wildman–Crippen LogP) is 3.19. The summed E-state index contributed by atoms with van der Waals surface area (Å²) in [6.07, 6.45) is 2.14. The Bertz CT molecular complexity index is 402. The van der Waals surface area contributed by atoms with Gasteiger partial charge in [-0.15, -0.1) is 0 Å². The zero-order valence-electron chi connectivity index (χ0n) is 13.4. The second kappa shape index (κ2) is 7.44. The standard InChI is InChI=1S/C9H9NO.C8H19N/c11-7-10-5-8-3-1-2-4-9(8)6-10;1-7(2)6-8(3,4)9-5/h1-4,7H,5-6H2;7,9H,6H2,1-5H3. The highest BCUT2D eigenvalue weighted by atomic mass is 16.1. The Morgan fingerprint density at radius 3 is 2.05 bits per heavy atom. The molecule has 1 heterocycles. The number of nitrogens with zero attached hydrogens (tertiary/aromatic N) is 1. The largest absolute Gasteiger partial charge is 0.337 e. The summed E-state index contributed by atoms with van der Waals surface area (Å²) in [6, 6.07) is 8.15. The third-order valence-electron chi connectivity index (χ3n) is 3.61. The van der Waals surface area contributed by atoms with Crippen molar-refractivity contribution in [3.8, 4) is 0 Å². The van der Waals surface area contributed by atoms with Crippen LogP contribution >= 0.6 is 0 Å². The highest BCUT2D eigenvalue weighted by molar-refractivity contribution is 5.50. The van der Waals surface area contributed by atoms with Crippen LogP contribution in [0.15, 0.2) is 24.3 Å². The Hall–Kier alpha value is -1.35. The van der Waals surface area contributed by atoms with Gasteiger partial charge in [-0.25, -0.2) is 0 Å². The third kappa shape index (κ3) is 5.33. The van der Waals surface area contributed by atoms with Gasteiger partial charge in [0.1, 0.15) is 0 Å². The van der Waals surface area contributed by atoms with Gasteiger partial charge in [0.15, 0.2) is 0 Å². The van der Waals surface area contributed by atoms with Crippen LogP contribution in [0.2, 0.25) is 0 Å². The van der Waals surface area contributed by atoms with Crippen molar-refractivity contribution in [3.63, 3.8) is 0 Å². The molecule has 0 radical (unpaired) electrons. The molecular weight excluding hydrogens is 248 g/mol. The summed E-state index contributed by atoms with van der Waals surface area (Å²) in [5.74, 6) is 0.785. The number of benzene rings is 1. The molecule has 1 amide bonds. The van der Waals surface area contributed by atoms with E-state index in [9.17, 15) is 4.79 Å². The van der Waals surface area contributed by atoms with Gasteiger partial charge in [0.05, 0.1) is 0 Å². The Kier molecular flexibility index (Phi) is 6.21. The van der Waals surface area contributed by atoms with Crippen LogP contribution in [-0.2, 0) is 17.9 Å². The second-order valence-corrected chi connectivity index (χ2v) is 6.51. The Labute approximate surface area is 123 Å². The van der Waals surface area contributed by atoms with Crippen molar-refractivity contribution in [2.24, 2.45) is 5.92 Å². The minimum atomic E-state index is 0.314. The van der Waals surface area contributed by atoms with Gasteiger partial charge >= 0.3 is 0 Å². The number of hydrogen-bond acceptors (Lipinski definition) is 2. The maximum atomic E-state index is 10.4. The summed E-state index contributed by atoms with van der Waals surface area (Å²) in [6.45, 7) is 10.5. The van der Waals surface area contributed by atoms with E-state index < -0.39 is 0 Å². The molecule has 0 atom stereocenters. The average Bonchev–Trinajstić information content (AvgIpc) is 2.81. The van der Waals surface area contributed by atoms with Crippen LogP contribution in [0.4, 0.5) is 0 Å². The minimum absolute atomic E-state index is 0.314. The van der Waals surface area contributed by atoms with E-state index >= 15 is 0 Å². The van der Waals surface area contributed by atoms with E-state index in [1.54, 1.807) is 4.90 Å². The van der Waals surface area contributed by atoms with E-state index in [2.05, 4.69) is 45.1 Å². The molecule has 0 saturated carbocycles. The maximum Gasteiger partial charge on any atom is 0.210 e. The van der Waals surface area contributed by atoms with Gasteiger partial charge in [0.2, 0.25) is 6.41 Å². The van der Waals surface area contributed by atoms with Crippen LogP contribution in [0.25, 0.3) is 0 Å². The molecule has 20 heavy (non-hydrogen) atoms. The lowest BCUT2D eigenvalue weighted by Crippen LogP contribution is -2.37. The first-order valence-corrected chi connectivity index (χ1v) is 7.33. The summed E-state index contributed by atoms with van der Waals surface area (Å²) in [4.78, 5) is 12.2. The minimum Gasteiger partial charge on any atom is -0.337 e. The lowest BCUT2D eigenvalue weighted by atomic mass is 9.93. The van der Waals surface area contributed by atoms with Gasteiger partial charge in [-0.05, 0) is 44.4 Å². The fourth-order valence-corrected chi connectivity index (χ4v) is 2.56. The van der Waals surface area contributed by atoms with Crippen LogP contribution in [0.5, 0.6) is 0 Å². The van der Waals surface area contributed by atoms with E-state index in [0.29, 0.717) is 5.54 Å². The molecule has 3 heteroatoms. The molecule has 1 aliphatic rings. The predicted molar refractivity (Wildman–Crippen MR) is 84.3 cm³/mol. The molecule has 0 fully saturated rings. The SMILES string of the molecule is CNC(C)(C)CC(C)C.O=CN1Cc2ccccc2C1. The second-order valence-electron chi connectivity index (χ2n) is 6.51. The van der Waals surface area contributed by atoms with E-state index in [1.807, 2.05) is 19.2 Å². The maximum absolute atomic E-state index is 10.4. The Morgan fingerprint density at radius 2 is 1.75 bits per heavy atom. The monoisotopic (exact) mass is 276 g/mol. The number of hydrogen-bond donors (Lipinski definition) is 1. The molecule has 0 aromatic heterocycles. The fraction of sp³-hybridized carbons (Fsp3) is 0.588. The van der Waals surface area contributed by atoms with Gasteiger partial charge in [0.25, 0.3) is 0 Å². The zero-order chi connectivity index (χ0) is 15.2. The Morgan fingerprint density at radius 1 is 1.25 bits per heavy atom. The van der Waals surface area contributed by atoms with Crippen LogP contribution in [0.1, 0.15) is 45.2 Å². The molecule has 0 aliphatic carbocycles. The van der Waals surface area contributed by atoms with Crippen LogP contribution < -0.4 is 5.32 Å². The molecule has 0 unspecified atom stereocenters. The summed E-state index contributed by atoms with van der Waals surface area (Å²) < 4.78 is 0. The summed E-state index contributed by atoms with van der Waals surface area (Å²) in [7, 11) is 2.02. The lowest BCUT2D eigenvalue weighted by molar-refractivity contribution is -0.118. The van der Waals surface area contributed by atoms with Gasteiger partial charge < -0.3 is 10.2 Å². The number of nitrogens with one attached hydrogen (secondary N) is 1. The van der Waals surface area contributed by atoms with Crippen molar-refractivity contribution >= 4 is 6.41 Å². The molecule has 0 spiro atoms. The molecule has 3 nitrogen and oxygen atoms in total. The third-order valence-corrected chi connectivity index (χ3v) is 3.61. The van der Waals surface area contributed by atoms with Crippen molar-refractivity contribution in [3.05, 3.63) is 35.4 Å². The highest BCUT2D eigenvalue weighted by Gasteiger charge is 2.16. The van der Waals surface area contributed by atoms with E-state index in [-0.39, 0.29) is 0 Å². The van der Waals surface area contributed by atoms with E-state index in [1.165, 1.54) is 17.5 Å². The molecule has 0 bridgehead atoms. The van der Waals surface area contributed by atoms with Gasteiger partial charge in [0, 0.05) is 18.6 Å². The first-order chi connectivity index (χ1) is 9.38. The number of fused-ring (bicyclic) bond motifs is 1. The zero-order valence-corrected chi connectivity index (χ0v) is 13.4. The first kappa shape index (κ1) is 16.7. The first-order valence-electron chi connectivity index (χ1n) is 7.33. The molecule has 0 saturated heterocycles. The topological polar surface area (TPSA) is 32.3 Å². The quantitative estimate of drug-likeness (QED) is 0.857. The number of carbonyl (C=O) groups is 1. The molecule has 2 rings (SSSR count). The molecule has 1 aromatic carbocycles. The van der Waals surface area contributed by atoms with Crippen LogP contribution in [0.3, 0.4) is 0 Å². The molecule has 1 N–H and O–H groups in total. The fourth-order valence-electron chi connectivity index (χ4n) is 2.56. The van der Waals surface area contributed by atoms with Crippen LogP contribution in [0, 0.1) is 5.92 Å². The normalized spacial score (nSPS) is 13.8. The molecule has 1 aromatic rings. The van der Waals surface area contributed by atoms with Gasteiger partial charge in [-0.3, -0.25) is 4.79 Å². The van der Waals surface area contributed by atoms with Crippen molar-refractivity contribution < 1.29 is 4.79 Å². The highest BCUT2D eigenvalue weighted by Crippen LogP contribution is 2.20. The van der Waals surface area contributed by atoms with Gasteiger partial charge in [-0.2, -0.15) is 0 Å². The summed E-state index contributed by atoms with van der Waals surface area (Å²) >= 11 is 0. The summed E-state index contributed by atoms with van der Waals surface area (Å²) in [5.41, 5.74) is 2.87. The van der Waals surface area contributed by atoms with Crippen LogP contribution in [-0.4, -0.2) is 23.9 Å². The van der Waals surface area contributed by atoms with Crippen molar-refractivity contribution in [1.82, 2.24) is 10.2 Å². The van der Waals surface area contributed by atoms with Gasteiger partial charge in [-0.1, -0.05) is 38.1 Å². The smallest absolute Gasteiger partial charge is 0.210 e. The van der Waals surface area contributed by atoms with E-state index in [0.717, 1.165) is 25.4 Å². The lowest BCUT2D eigenvalue weighted by Gasteiger charge is -2.25. The molecular formula is C17H28N2O. The van der Waals surface area contributed by atoms with Crippen molar-refractivity contribution in [1.29, 1.82) is 0 Å². The number of amides is 1. The molecule has 1 aliphatic heterocycles. The number of carbonyl (C=O) groups excluding carboxylic acids is 1. The van der Waals surface area contributed by atoms with Crippen molar-refractivity contribution in [2.45, 2.75) is 52.7 Å². The molecule has 112 valence electrons. The Balaban J connectivity index is 0.000000206. The summed E-state index contributed by atoms with van der Waals surface area (Å²) in [5, 5.41) is 3.27. The van der Waals surface area contributed by atoms with Crippen molar-refractivity contribution in [2.75, 3.05) is 7.05 Å².